The smallest absolute Gasteiger partial charge is 0.198 e. The Hall–Kier alpha value is -2.29. The van der Waals surface area contributed by atoms with Gasteiger partial charge in [0.1, 0.15) is 0 Å². The van der Waals surface area contributed by atoms with Gasteiger partial charge in [0.15, 0.2) is 5.96 Å². The highest BCUT2D eigenvalue weighted by molar-refractivity contribution is 5.94. The third kappa shape index (κ3) is 2.99. The topological polar surface area (TPSA) is 50.4 Å². The molecule has 0 spiro atoms. The number of benzene rings is 2. The van der Waals surface area contributed by atoms with Crippen LogP contribution >= 0.6 is 0 Å². The Bertz CT molecular complexity index is 617. The van der Waals surface area contributed by atoms with Crippen LogP contribution in [0, 0.1) is 0 Å². The van der Waals surface area contributed by atoms with Crippen molar-refractivity contribution in [2.75, 3.05) is 5.32 Å². The third-order valence-electron chi connectivity index (χ3n) is 3.63. The fourth-order valence-corrected chi connectivity index (χ4v) is 2.63. The number of nitrogens with zero attached hydrogens (tertiary/aromatic N) is 1. The molecule has 3 N–H and O–H groups in total. The number of guanidine groups is 1. The average Bonchev–Trinajstić information content (AvgIpc) is 2.48. The second-order valence-corrected chi connectivity index (χ2v) is 5.15. The Morgan fingerprint density at radius 1 is 0.950 bits per heavy atom. The third-order valence-corrected chi connectivity index (χ3v) is 3.63. The number of hydrogen-bond donors (Lipinski definition) is 2. The van der Waals surface area contributed by atoms with E-state index in [-0.39, 0.29) is 0 Å². The lowest BCUT2D eigenvalue weighted by molar-refractivity contribution is 0.686. The maximum atomic E-state index is 5.95. The molecule has 3 heteroatoms. The Balaban J connectivity index is 1.76. The number of fused-ring (bicyclic) bond motifs is 1. The first kappa shape index (κ1) is 12.7. The molecule has 1 aliphatic rings. The first-order valence-electron chi connectivity index (χ1n) is 7.09. The second-order valence-electron chi connectivity index (χ2n) is 5.15. The normalized spacial score (nSPS) is 14.7. The van der Waals surface area contributed by atoms with E-state index in [0.717, 1.165) is 11.4 Å². The minimum absolute atomic E-state index is 0.423. The first-order chi connectivity index (χ1) is 9.81. The van der Waals surface area contributed by atoms with Gasteiger partial charge in [0, 0.05) is 5.69 Å². The van der Waals surface area contributed by atoms with Crippen LogP contribution in [0.2, 0.25) is 0 Å². The van der Waals surface area contributed by atoms with E-state index in [1.165, 1.54) is 36.8 Å². The van der Waals surface area contributed by atoms with E-state index in [2.05, 4.69) is 28.5 Å². The Morgan fingerprint density at radius 3 is 2.50 bits per heavy atom. The van der Waals surface area contributed by atoms with Gasteiger partial charge in [-0.05, 0) is 61.1 Å². The lowest BCUT2D eigenvalue weighted by Gasteiger charge is -2.17. The Labute approximate surface area is 119 Å². The SMILES string of the molecule is NC(=Nc1ccccc1)Nc1ccc2c(c1)CCCC2. The van der Waals surface area contributed by atoms with E-state index in [4.69, 9.17) is 5.73 Å². The zero-order valence-corrected chi connectivity index (χ0v) is 11.5. The summed E-state index contributed by atoms with van der Waals surface area (Å²) in [6.07, 6.45) is 4.95. The van der Waals surface area contributed by atoms with Crippen molar-refractivity contribution in [3.8, 4) is 0 Å². The molecular formula is C17H19N3. The molecule has 3 rings (SSSR count). The van der Waals surface area contributed by atoms with Crippen LogP contribution in [0.25, 0.3) is 0 Å². The minimum atomic E-state index is 0.423. The van der Waals surface area contributed by atoms with Crippen LogP contribution in [0.4, 0.5) is 11.4 Å². The molecule has 0 aliphatic heterocycles. The summed E-state index contributed by atoms with van der Waals surface area (Å²) in [6.45, 7) is 0. The number of anilines is 1. The lowest BCUT2D eigenvalue weighted by atomic mass is 9.91. The molecule has 2 aromatic carbocycles. The molecule has 0 heterocycles. The van der Waals surface area contributed by atoms with E-state index in [1.54, 1.807) is 0 Å². The van der Waals surface area contributed by atoms with Gasteiger partial charge in [-0.25, -0.2) is 4.99 Å². The van der Waals surface area contributed by atoms with Crippen LogP contribution in [-0.4, -0.2) is 5.96 Å². The van der Waals surface area contributed by atoms with Crippen molar-refractivity contribution in [1.29, 1.82) is 0 Å². The number of para-hydroxylation sites is 1. The summed E-state index contributed by atoms with van der Waals surface area (Å²) >= 11 is 0. The number of hydrogen-bond acceptors (Lipinski definition) is 1. The minimum Gasteiger partial charge on any atom is -0.369 e. The summed E-state index contributed by atoms with van der Waals surface area (Å²) in [5, 5.41) is 3.17. The molecule has 0 saturated heterocycles. The fourth-order valence-electron chi connectivity index (χ4n) is 2.63. The first-order valence-corrected chi connectivity index (χ1v) is 7.09. The number of aliphatic imine (C=N–C) groups is 1. The molecular weight excluding hydrogens is 246 g/mol. The van der Waals surface area contributed by atoms with E-state index in [0.29, 0.717) is 5.96 Å². The number of nitrogens with one attached hydrogen (secondary N) is 1. The van der Waals surface area contributed by atoms with Crippen LogP contribution < -0.4 is 11.1 Å². The van der Waals surface area contributed by atoms with Crippen molar-refractivity contribution < 1.29 is 0 Å². The van der Waals surface area contributed by atoms with Gasteiger partial charge in [0.2, 0.25) is 0 Å². The summed E-state index contributed by atoms with van der Waals surface area (Å²) < 4.78 is 0. The summed E-state index contributed by atoms with van der Waals surface area (Å²) in [5.74, 6) is 0.423. The zero-order chi connectivity index (χ0) is 13.8. The van der Waals surface area contributed by atoms with Gasteiger partial charge in [-0.15, -0.1) is 0 Å². The predicted octanol–water partition coefficient (Wildman–Crippen LogP) is 3.62. The molecule has 0 bridgehead atoms. The van der Waals surface area contributed by atoms with Crippen molar-refractivity contribution in [2.45, 2.75) is 25.7 Å². The van der Waals surface area contributed by atoms with Crippen LogP contribution in [0.5, 0.6) is 0 Å². The molecule has 3 nitrogen and oxygen atoms in total. The molecule has 0 atom stereocenters. The van der Waals surface area contributed by atoms with Crippen LogP contribution in [0.1, 0.15) is 24.0 Å². The summed E-state index contributed by atoms with van der Waals surface area (Å²) in [4.78, 5) is 4.35. The zero-order valence-electron chi connectivity index (χ0n) is 11.5. The predicted molar refractivity (Wildman–Crippen MR) is 84.4 cm³/mol. The second kappa shape index (κ2) is 5.78. The molecule has 0 saturated carbocycles. The molecule has 20 heavy (non-hydrogen) atoms. The fraction of sp³-hybridized carbons (Fsp3) is 0.235. The van der Waals surface area contributed by atoms with Crippen molar-refractivity contribution in [3.63, 3.8) is 0 Å². The van der Waals surface area contributed by atoms with Crippen molar-refractivity contribution >= 4 is 17.3 Å². The molecule has 1 aliphatic carbocycles. The van der Waals surface area contributed by atoms with E-state index in [1.807, 2.05) is 30.3 Å². The molecule has 0 amide bonds. The van der Waals surface area contributed by atoms with Gasteiger partial charge < -0.3 is 11.1 Å². The maximum absolute atomic E-state index is 5.95. The summed E-state index contributed by atoms with van der Waals surface area (Å²) in [7, 11) is 0. The summed E-state index contributed by atoms with van der Waals surface area (Å²) in [5.41, 5.74) is 10.7. The number of rotatable bonds is 2. The Morgan fingerprint density at radius 2 is 1.70 bits per heavy atom. The molecule has 2 aromatic rings. The maximum Gasteiger partial charge on any atom is 0.198 e. The summed E-state index contributed by atoms with van der Waals surface area (Å²) in [6, 6.07) is 16.2. The molecule has 102 valence electrons. The van der Waals surface area contributed by atoms with Gasteiger partial charge in [-0.2, -0.15) is 0 Å². The van der Waals surface area contributed by atoms with Gasteiger partial charge >= 0.3 is 0 Å². The number of aryl methyl sites for hydroxylation is 2. The van der Waals surface area contributed by atoms with Gasteiger partial charge in [-0.3, -0.25) is 0 Å². The van der Waals surface area contributed by atoms with Gasteiger partial charge in [0.05, 0.1) is 5.69 Å². The van der Waals surface area contributed by atoms with Crippen molar-refractivity contribution in [2.24, 2.45) is 10.7 Å². The highest BCUT2D eigenvalue weighted by Gasteiger charge is 2.09. The number of nitrogens with two attached hydrogens (primary N) is 1. The largest absolute Gasteiger partial charge is 0.369 e. The highest BCUT2D eigenvalue weighted by Crippen LogP contribution is 2.24. The van der Waals surface area contributed by atoms with Gasteiger partial charge in [0.25, 0.3) is 0 Å². The lowest BCUT2D eigenvalue weighted by Crippen LogP contribution is -2.22. The molecule has 0 unspecified atom stereocenters. The highest BCUT2D eigenvalue weighted by atomic mass is 15.1. The quantitative estimate of drug-likeness (QED) is 0.643. The molecule has 0 aromatic heterocycles. The van der Waals surface area contributed by atoms with Crippen LogP contribution in [0.3, 0.4) is 0 Å². The molecule has 0 radical (unpaired) electrons. The van der Waals surface area contributed by atoms with Crippen molar-refractivity contribution in [1.82, 2.24) is 0 Å². The van der Waals surface area contributed by atoms with Gasteiger partial charge in [-0.1, -0.05) is 24.3 Å². The van der Waals surface area contributed by atoms with Crippen LogP contribution in [0.15, 0.2) is 53.5 Å². The monoisotopic (exact) mass is 265 g/mol. The van der Waals surface area contributed by atoms with Crippen molar-refractivity contribution in [3.05, 3.63) is 59.7 Å². The Kier molecular flexibility index (Phi) is 3.68. The van der Waals surface area contributed by atoms with E-state index < -0.39 is 0 Å². The average molecular weight is 265 g/mol. The molecule has 0 fully saturated rings. The van der Waals surface area contributed by atoms with E-state index >= 15 is 0 Å². The van der Waals surface area contributed by atoms with E-state index in [9.17, 15) is 0 Å². The standard InChI is InChI=1S/C17H19N3/c18-17(19-15-8-2-1-3-9-15)20-16-11-10-13-6-4-5-7-14(13)12-16/h1-3,8-12H,4-7H2,(H3,18,19,20). The van der Waals surface area contributed by atoms with Crippen LogP contribution in [-0.2, 0) is 12.8 Å².